The first-order valence-corrected chi connectivity index (χ1v) is 11.5. The van der Waals surface area contributed by atoms with Gasteiger partial charge >= 0.3 is 0 Å². The third-order valence-corrected chi connectivity index (χ3v) is 6.50. The van der Waals surface area contributed by atoms with E-state index in [0.29, 0.717) is 6.61 Å². The zero-order chi connectivity index (χ0) is 22.4. The highest BCUT2D eigenvalue weighted by Gasteiger charge is 2.32. The summed E-state index contributed by atoms with van der Waals surface area (Å²) in [5, 5.41) is 21.9. The van der Waals surface area contributed by atoms with Crippen LogP contribution in [-0.2, 0) is 12.2 Å². The van der Waals surface area contributed by atoms with Crippen LogP contribution < -0.4 is 4.74 Å². The van der Waals surface area contributed by atoms with Gasteiger partial charge in [-0.2, -0.15) is 0 Å². The van der Waals surface area contributed by atoms with Crippen molar-refractivity contribution in [2.75, 3.05) is 0 Å². The van der Waals surface area contributed by atoms with Crippen LogP contribution in [0.1, 0.15) is 55.4 Å². The SMILES string of the molecule is C[C@H](C=C1CCC(O)(c2ccccc2)CC1)[C@@H](O)c1ccc(OCc2ccccc2)cc1. The monoisotopic (exact) mass is 428 g/mol. The van der Waals surface area contributed by atoms with Crippen LogP contribution in [0.15, 0.2) is 96.6 Å². The predicted molar refractivity (Wildman–Crippen MR) is 128 cm³/mol. The first kappa shape index (κ1) is 22.3. The van der Waals surface area contributed by atoms with Crippen molar-refractivity contribution in [3.05, 3.63) is 113 Å². The Kier molecular flexibility index (Phi) is 7.09. The van der Waals surface area contributed by atoms with Gasteiger partial charge in [-0.15, -0.1) is 0 Å². The Morgan fingerprint density at radius 3 is 2.09 bits per heavy atom. The lowest BCUT2D eigenvalue weighted by molar-refractivity contribution is 0.00900. The summed E-state index contributed by atoms with van der Waals surface area (Å²) in [6.45, 7) is 2.58. The summed E-state index contributed by atoms with van der Waals surface area (Å²) in [4.78, 5) is 0. The Bertz CT molecular complexity index is 999. The molecule has 0 amide bonds. The van der Waals surface area contributed by atoms with Crippen molar-refractivity contribution in [3.8, 4) is 5.75 Å². The number of hydrogen-bond donors (Lipinski definition) is 2. The molecule has 3 nitrogen and oxygen atoms in total. The number of hydrogen-bond acceptors (Lipinski definition) is 3. The quantitative estimate of drug-likeness (QED) is 0.433. The summed E-state index contributed by atoms with van der Waals surface area (Å²) in [5.41, 5.74) is 3.60. The molecule has 1 aliphatic carbocycles. The second-order valence-corrected chi connectivity index (χ2v) is 8.87. The number of benzene rings is 3. The zero-order valence-corrected chi connectivity index (χ0v) is 18.7. The minimum Gasteiger partial charge on any atom is -0.489 e. The predicted octanol–water partition coefficient (Wildman–Crippen LogP) is 6.32. The summed E-state index contributed by atoms with van der Waals surface area (Å²) >= 11 is 0. The summed E-state index contributed by atoms with van der Waals surface area (Å²) in [6.07, 6.45) is 4.78. The zero-order valence-electron chi connectivity index (χ0n) is 18.7. The fourth-order valence-electron chi connectivity index (χ4n) is 4.46. The first-order valence-electron chi connectivity index (χ1n) is 11.5. The van der Waals surface area contributed by atoms with Crippen molar-refractivity contribution in [2.45, 2.75) is 50.9 Å². The Hall–Kier alpha value is -2.88. The molecule has 1 aliphatic rings. The van der Waals surface area contributed by atoms with Gasteiger partial charge in [0.2, 0.25) is 0 Å². The smallest absolute Gasteiger partial charge is 0.119 e. The Morgan fingerprint density at radius 2 is 1.47 bits per heavy atom. The average molecular weight is 429 g/mol. The third kappa shape index (κ3) is 5.48. The summed E-state index contributed by atoms with van der Waals surface area (Å²) in [7, 11) is 0. The lowest BCUT2D eigenvalue weighted by Crippen LogP contribution is -2.29. The first-order chi connectivity index (χ1) is 15.5. The van der Waals surface area contributed by atoms with E-state index in [-0.39, 0.29) is 5.92 Å². The van der Waals surface area contributed by atoms with E-state index in [1.54, 1.807) is 0 Å². The highest BCUT2D eigenvalue weighted by molar-refractivity contribution is 5.30. The van der Waals surface area contributed by atoms with Gasteiger partial charge in [-0.05, 0) is 54.5 Å². The minimum absolute atomic E-state index is 0.00371. The number of rotatable bonds is 7. The Morgan fingerprint density at radius 1 is 0.875 bits per heavy atom. The maximum absolute atomic E-state index is 11.0. The van der Waals surface area contributed by atoms with Crippen LogP contribution in [0.3, 0.4) is 0 Å². The average Bonchev–Trinajstić information content (AvgIpc) is 2.85. The molecule has 32 heavy (non-hydrogen) atoms. The van der Waals surface area contributed by atoms with Gasteiger partial charge in [-0.25, -0.2) is 0 Å². The van der Waals surface area contributed by atoms with Crippen LogP contribution in [-0.4, -0.2) is 10.2 Å². The molecule has 0 saturated heterocycles. The molecule has 0 heterocycles. The molecule has 3 heteroatoms. The van der Waals surface area contributed by atoms with Crippen molar-refractivity contribution in [1.82, 2.24) is 0 Å². The maximum Gasteiger partial charge on any atom is 0.119 e. The molecular weight excluding hydrogens is 396 g/mol. The number of aliphatic hydroxyl groups is 2. The van der Waals surface area contributed by atoms with Gasteiger partial charge in [0, 0.05) is 5.92 Å². The molecule has 0 aliphatic heterocycles. The molecule has 4 rings (SSSR count). The fourth-order valence-corrected chi connectivity index (χ4v) is 4.46. The van der Waals surface area contributed by atoms with Gasteiger partial charge in [0.15, 0.2) is 0 Å². The van der Waals surface area contributed by atoms with Crippen LogP contribution in [0.4, 0.5) is 0 Å². The van der Waals surface area contributed by atoms with Crippen LogP contribution in [0.25, 0.3) is 0 Å². The maximum atomic E-state index is 11.0. The molecule has 166 valence electrons. The van der Waals surface area contributed by atoms with Gasteiger partial charge < -0.3 is 14.9 Å². The molecule has 2 atom stereocenters. The van der Waals surface area contributed by atoms with Crippen LogP contribution in [0.5, 0.6) is 5.75 Å². The molecule has 3 aromatic carbocycles. The summed E-state index contributed by atoms with van der Waals surface area (Å²) in [6, 6.07) is 27.8. The highest BCUT2D eigenvalue weighted by Crippen LogP contribution is 2.40. The number of allylic oxidation sites excluding steroid dienone is 1. The van der Waals surface area contributed by atoms with Crippen molar-refractivity contribution < 1.29 is 14.9 Å². The van der Waals surface area contributed by atoms with E-state index in [1.165, 1.54) is 5.57 Å². The van der Waals surface area contributed by atoms with Gasteiger partial charge in [-0.1, -0.05) is 91.4 Å². The summed E-state index contributed by atoms with van der Waals surface area (Å²) < 4.78 is 5.85. The molecule has 1 saturated carbocycles. The molecule has 0 radical (unpaired) electrons. The Labute approximate surface area is 191 Å². The van der Waals surface area contributed by atoms with Crippen LogP contribution in [0.2, 0.25) is 0 Å². The molecule has 2 N–H and O–H groups in total. The lowest BCUT2D eigenvalue weighted by Gasteiger charge is -2.34. The van der Waals surface area contributed by atoms with E-state index in [1.807, 2.05) is 84.9 Å². The lowest BCUT2D eigenvalue weighted by atomic mass is 9.77. The van der Waals surface area contributed by atoms with E-state index in [2.05, 4.69) is 13.0 Å². The standard InChI is InChI=1S/C29H32O3/c1-22(20-23-16-18-29(31,19-17-23)26-10-6-3-7-11-26)28(30)25-12-14-27(15-13-25)32-21-24-8-4-2-5-9-24/h2-15,20,22,28,30-31H,16-19,21H2,1H3/t22-,28-,29?/m1/s1. The van der Waals surface area contributed by atoms with Crippen molar-refractivity contribution in [3.63, 3.8) is 0 Å². The largest absolute Gasteiger partial charge is 0.489 e. The number of ether oxygens (including phenoxy) is 1. The van der Waals surface area contributed by atoms with Gasteiger partial charge in [0.05, 0.1) is 11.7 Å². The molecule has 0 unspecified atom stereocenters. The van der Waals surface area contributed by atoms with Crippen molar-refractivity contribution in [1.29, 1.82) is 0 Å². The molecule has 0 spiro atoms. The second kappa shape index (κ2) is 10.2. The van der Waals surface area contributed by atoms with Crippen molar-refractivity contribution in [2.24, 2.45) is 5.92 Å². The molecule has 0 bridgehead atoms. The number of aliphatic hydroxyl groups excluding tert-OH is 1. The molecule has 1 fully saturated rings. The van der Waals surface area contributed by atoms with E-state index < -0.39 is 11.7 Å². The normalized spacial score (nSPS) is 20.4. The van der Waals surface area contributed by atoms with E-state index in [4.69, 9.17) is 4.74 Å². The molecule has 3 aromatic rings. The third-order valence-electron chi connectivity index (χ3n) is 6.50. The van der Waals surface area contributed by atoms with E-state index in [9.17, 15) is 10.2 Å². The summed E-state index contributed by atoms with van der Waals surface area (Å²) in [5.74, 6) is 0.798. The van der Waals surface area contributed by atoms with E-state index >= 15 is 0 Å². The van der Waals surface area contributed by atoms with Gasteiger partial charge in [0.25, 0.3) is 0 Å². The fraction of sp³-hybridized carbons (Fsp3) is 0.310. The van der Waals surface area contributed by atoms with Crippen LogP contribution >= 0.6 is 0 Å². The van der Waals surface area contributed by atoms with Gasteiger partial charge in [0.1, 0.15) is 12.4 Å². The van der Waals surface area contributed by atoms with Crippen LogP contribution in [0, 0.1) is 5.92 Å². The minimum atomic E-state index is -0.740. The van der Waals surface area contributed by atoms with Crippen molar-refractivity contribution >= 4 is 0 Å². The highest BCUT2D eigenvalue weighted by atomic mass is 16.5. The topological polar surface area (TPSA) is 49.7 Å². The van der Waals surface area contributed by atoms with E-state index in [0.717, 1.165) is 48.1 Å². The van der Waals surface area contributed by atoms with Gasteiger partial charge in [-0.3, -0.25) is 0 Å². The molecular formula is C29H32O3. The molecule has 0 aromatic heterocycles. The Balaban J connectivity index is 1.32. The second-order valence-electron chi connectivity index (χ2n) is 8.87.